The van der Waals surface area contributed by atoms with Gasteiger partial charge in [0.15, 0.2) is 0 Å². The van der Waals surface area contributed by atoms with Crippen LogP contribution in [0.4, 0.5) is 0 Å². The van der Waals surface area contributed by atoms with Crippen LogP contribution in [0.3, 0.4) is 0 Å². The average molecular weight is 159 g/mol. The van der Waals surface area contributed by atoms with Gasteiger partial charge in [0.25, 0.3) is 0 Å². The Morgan fingerprint density at radius 3 is 2.50 bits per heavy atom. The van der Waals surface area contributed by atoms with Crippen LogP contribution in [0.15, 0.2) is 36.4 Å². The first-order chi connectivity index (χ1) is 4.76. The molecule has 0 aromatic rings. The van der Waals surface area contributed by atoms with Crippen LogP contribution in [0.1, 0.15) is 6.42 Å². The van der Waals surface area contributed by atoms with Gasteiger partial charge in [-0.2, -0.15) is 0 Å². The molecule has 0 aliphatic rings. The van der Waals surface area contributed by atoms with E-state index in [2.05, 4.69) is 13.2 Å². The van der Waals surface area contributed by atoms with Crippen LogP contribution in [-0.4, -0.2) is 11.2 Å². The van der Waals surface area contributed by atoms with Crippen LogP contribution in [0.25, 0.3) is 0 Å². The number of aliphatic hydroxyl groups is 1. The van der Waals surface area contributed by atoms with Crippen molar-refractivity contribution < 1.29 is 5.11 Å². The van der Waals surface area contributed by atoms with Crippen LogP contribution in [-0.2, 0) is 0 Å². The molecule has 0 aromatic heterocycles. The molecule has 1 N–H and O–H groups in total. The second-order valence-electron chi connectivity index (χ2n) is 1.86. The number of aliphatic hydroxyl groups excluding tert-OH is 1. The molecule has 0 aliphatic carbocycles. The Hall–Kier alpha value is -0.530. The first-order valence-electron chi connectivity index (χ1n) is 2.97. The molecule has 2 heteroatoms. The summed E-state index contributed by atoms with van der Waals surface area (Å²) in [5.74, 6) is 0. The van der Waals surface area contributed by atoms with Gasteiger partial charge in [-0.1, -0.05) is 23.8 Å². The Morgan fingerprint density at radius 1 is 1.60 bits per heavy atom. The summed E-state index contributed by atoms with van der Waals surface area (Å²) in [6, 6.07) is 0. The van der Waals surface area contributed by atoms with Gasteiger partial charge in [-0.05, 0) is 12.0 Å². The fraction of sp³-hybridized carbons (Fsp3) is 0.250. The van der Waals surface area contributed by atoms with Crippen LogP contribution in [0.5, 0.6) is 0 Å². The van der Waals surface area contributed by atoms with Crippen molar-refractivity contribution >= 4 is 11.6 Å². The van der Waals surface area contributed by atoms with Gasteiger partial charge in [0.05, 0.1) is 6.10 Å². The van der Waals surface area contributed by atoms with Crippen molar-refractivity contribution in [2.75, 3.05) is 0 Å². The monoisotopic (exact) mass is 158 g/mol. The van der Waals surface area contributed by atoms with Gasteiger partial charge >= 0.3 is 0 Å². The van der Waals surface area contributed by atoms with Crippen LogP contribution < -0.4 is 0 Å². The highest BCUT2D eigenvalue weighted by molar-refractivity contribution is 6.25. The van der Waals surface area contributed by atoms with Gasteiger partial charge in [0.2, 0.25) is 0 Å². The molecular formula is C8H11ClO. The number of rotatable bonds is 4. The van der Waals surface area contributed by atoms with E-state index in [1.165, 1.54) is 11.6 Å². The van der Waals surface area contributed by atoms with Crippen molar-refractivity contribution in [1.82, 2.24) is 0 Å². The maximum atomic E-state index is 9.13. The molecule has 0 spiro atoms. The van der Waals surface area contributed by atoms with E-state index < -0.39 is 6.10 Å². The zero-order valence-electron chi connectivity index (χ0n) is 5.76. The SMILES string of the molecule is C=CC/C(=C/Cl)C(O)C=C. The number of allylic oxidation sites excluding steroid dienone is 1. The topological polar surface area (TPSA) is 20.2 Å². The van der Waals surface area contributed by atoms with Crippen molar-refractivity contribution in [2.24, 2.45) is 0 Å². The van der Waals surface area contributed by atoms with E-state index in [1.807, 2.05) is 0 Å². The normalized spacial score (nSPS) is 14.4. The summed E-state index contributed by atoms with van der Waals surface area (Å²) < 4.78 is 0. The lowest BCUT2D eigenvalue weighted by Crippen LogP contribution is -2.04. The van der Waals surface area contributed by atoms with Crippen LogP contribution in [0.2, 0.25) is 0 Å². The Labute approximate surface area is 66.3 Å². The molecule has 0 radical (unpaired) electrons. The summed E-state index contributed by atoms with van der Waals surface area (Å²) in [5.41, 5.74) is 2.07. The third kappa shape index (κ3) is 2.85. The van der Waals surface area contributed by atoms with E-state index in [0.29, 0.717) is 12.0 Å². The summed E-state index contributed by atoms with van der Waals surface area (Å²) in [7, 11) is 0. The minimum absolute atomic E-state index is 0.594. The highest BCUT2D eigenvalue weighted by Gasteiger charge is 2.02. The molecule has 0 rings (SSSR count). The molecule has 0 saturated carbocycles. The van der Waals surface area contributed by atoms with E-state index in [1.54, 1.807) is 6.08 Å². The lowest BCUT2D eigenvalue weighted by Gasteiger charge is -2.05. The molecule has 1 atom stereocenters. The van der Waals surface area contributed by atoms with Crippen molar-refractivity contribution in [1.29, 1.82) is 0 Å². The highest BCUT2D eigenvalue weighted by atomic mass is 35.5. The smallest absolute Gasteiger partial charge is 0.0943 e. The fourth-order valence-corrected chi connectivity index (χ4v) is 0.766. The molecule has 1 unspecified atom stereocenters. The largest absolute Gasteiger partial charge is 0.385 e. The molecular weight excluding hydrogens is 148 g/mol. The van der Waals surface area contributed by atoms with E-state index in [0.717, 1.165) is 0 Å². The van der Waals surface area contributed by atoms with Gasteiger partial charge in [-0.15, -0.1) is 13.2 Å². The number of hydrogen-bond acceptors (Lipinski definition) is 1. The van der Waals surface area contributed by atoms with Crippen molar-refractivity contribution in [3.05, 3.63) is 36.4 Å². The third-order valence-electron chi connectivity index (χ3n) is 1.12. The second kappa shape index (κ2) is 5.27. The quantitative estimate of drug-likeness (QED) is 0.623. The van der Waals surface area contributed by atoms with Gasteiger partial charge < -0.3 is 5.11 Å². The Balaban J connectivity index is 4.06. The van der Waals surface area contributed by atoms with Crippen molar-refractivity contribution in [3.63, 3.8) is 0 Å². The maximum Gasteiger partial charge on any atom is 0.0943 e. The van der Waals surface area contributed by atoms with E-state index in [9.17, 15) is 0 Å². The number of halogens is 1. The standard InChI is InChI=1S/C8H11ClO/c1-3-5-7(6-9)8(10)4-2/h3-4,6,8,10H,1-2,5H2/b7-6-. The minimum atomic E-state index is -0.643. The lowest BCUT2D eigenvalue weighted by molar-refractivity contribution is 0.257. The van der Waals surface area contributed by atoms with Crippen LogP contribution in [0, 0.1) is 0 Å². The minimum Gasteiger partial charge on any atom is -0.385 e. The molecule has 0 aliphatic heterocycles. The zero-order valence-corrected chi connectivity index (χ0v) is 6.51. The Bertz CT molecular complexity index is 149. The molecule has 0 saturated heterocycles. The fourth-order valence-electron chi connectivity index (χ4n) is 0.548. The lowest BCUT2D eigenvalue weighted by atomic mass is 10.1. The van der Waals surface area contributed by atoms with Gasteiger partial charge in [-0.25, -0.2) is 0 Å². The maximum absolute atomic E-state index is 9.13. The van der Waals surface area contributed by atoms with Gasteiger partial charge in [0, 0.05) is 5.54 Å². The molecule has 0 heterocycles. The molecule has 1 nitrogen and oxygen atoms in total. The van der Waals surface area contributed by atoms with Crippen molar-refractivity contribution in [2.45, 2.75) is 12.5 Å². The molecule has 10 heavy (non-hydrogen) atoms. The van der Waals surface area contributed by atoms with E-state index in [-0.39, 0.29) is 0 Å². The molecule has 0 fully saturated rings. The van der Waals surface area contributed by atoms with Crippen molar-refractivity contribution in [3.8, 4) is 0 Å². The van der Waals surface area contributed by atoms with Crippen LogP contribution >= 0.6 is 11.6 Å². The molecule has 0 amide bonds. The highest BCUT2D eigenvalue weighted by Crippen LogP contribution is 2.09. The Morgan fingerprint density at radius 2 is 2.20 bits per heavy atom. The van der Waals surface area contributed by atoms with Gasteiger partial charge in [-0.3, -0.25) is 0 Å². The molecule has 0 bridgehead atoms. The Kier molecular flexibility index (Phi) is 4.99. The molecule has 56 valence electrons. The van der Waals surface area contributed by atoms with Gasteiger partial charge in [0.1, 0.15) is 0 Å². The average Bonchev–Trinajstić information content (AvgIpc) is 1.99. The summed E-state index contributed by atoms with van der Waals surface area (Å²) in [6.07, 6.45) is 3.06. The predicted molar refractivity (Wildman–Crippen MR) is 45.0 cm³/mol. The number of hydrogen-bond donors (Lipinski definition) is 1. The zero-order chi connectivity index (χ0) is 7.98. The predicted octanol–water partition coefficient (Wildman–Crippen LogP) is 2.23. The summed E-state index contributed by atoms with van der Waals surface area (Å²) in [4.78, 5) is 0. The first-order valence-corrected chi connectivity index (χ1v) is 3.40. The van der Waals surface area contributed by atoms with E-state index in [4.69, 9.17) is 16.7 Å². The summed E-state index contributed by atoms with van der Waals surface area (Å²) >= 11 is 5.40. The molecule has 0 aromatic carbocycles. The third-order valence-corrected chi connectivity index (χ3v) is 1.40. The second-order valence-corrected chi connectivity index (χ2v) is 2.08. The first kappa shape index (κ1) is 9.47. The summed E-state index contributed by atoms with van der Waals surface area (Å²) in [5, 5.41) is 9.13. The van der Waals surface area contributed by atoms with E-state index >= 15 is 0 Å². The summed E-state index contributed by atoms with van der Waals surface area (Å²) in [6.45, 7) is 6.95.